The molecule has 1 fully saturated rings. The summed E-state index contributed by atoms with van der Waals surface area (Å²) in [5, 5.41) is 2.99. The topological polar surface area (TPSA) is 92.0 Å². The molecule has 2 aromatic rings. The number of hydrogen-bond donors (Lipinski definition) is 2. The Bertz CT molecular complexity index is 899. The number of halogens is 1. The molecular weight excluding hydrogens is 391 g/mol. The van der Waals surface area contributed by atoms with Crippen LogP contribution in [0.4, 0.5) is 4.39 Å². The van der Waals surface area contributed by atoms with Gasteiger partial charge in [-0.25, -0.2) is 4.39 Å². The lowest BCUT2D eigenvalue weighted by atomic mass is 9.92. The molecule has 0 atom stereocenters. The number of fused-ring (bicyclic) bond motifs is 1. The largest absolute Gasteiger partial charge is 0.491 e. The average molecular weight is 416 g/mol. The SMILES string of the molecule is NCCOc1ccc(F)cc1C(=O)NC1CCC(Oc2ccc3c(c2)OCO3)CC1. The molecule has 0 bridgehead atoms. The van der Waals surface area contributed by atoms with Gasteiger partial charge in [0, 0.05) is 18.7 Å². The van der Waals surface area contributed by atoms with Crippen LogP contribution in [0.15, 0.2) is 36.4 Å². The highest BCUT2D eigenvalue weighted by atomic mass is 19.1. The van der Waals surface area contributed by atoms with Crippen LogP contribution in [0.2, 0.25) is 0 Å². The van der Waals surface area contributed by atoms with Gasteiger partial charge in [-0.2, -0.15) is 0 Å². The molecule has 160 valence electrons. The Morgan fingerprint density at radius 2 is 1.90 bits per heavy atom. The second-order valence-corrected chi connectivity index (χ2v) is 7.36. The molecule has 0 spiro atoms. The van der Waals surface area contributed by atoms with E-state index in [-0.39, 0.29) is 37.0 Å². The van der Waals surface area contributed by atoms with Gasteiger partial charge < -0.3 is 30.0 Å². The normalized spacial score (nSPS) is 19.9. The molecule has 2 aromatic carbocycles. The summed E-state index contributed by atoms with van der Waals surface area (Å²) in [6.45, 7) is 0.800. The molecule has 3 N–H and O–H groups in total. The molecule has 7 nitrogen and oxygen atoms in total. The van der Waals surface area contributed by atoms with Crippen molar-refractivity contribution in [3.8, 4) is 23.0 Å². The second-order valence-electron chi connectivity index (χ2n) is 7.36. The molecule has 0 unspecified atom stereocenters. The van der Waals surface area contributed by atoms with Crippen molar-refractivity contribution in [2.75, 3.05) is 19.9 Å². The molecule has 2 aliphatic rings. The number of nitrogens with two attached hydrogens (primary N) is 1. The molecule has 0 radical (unpaired) electrons. The van der Waals surface area contributed by atoms with E-state index in [4.69, 9.17) is 24.7 Å². The summed E-state index contributed by atoms with van der Waals surface area (Å²) in [5.74, 6) is 1.66. The fourth-order valence-electron chi connectivity index (χ4n) is 3.71. The van der Waals surface area contributed by atoms with Gasteiger partial charge in [0.05, 0.1) is 11.7 Å². The predicted molar refractivity (Wildman–Crippen MR) is 108 cm³/mol. The molecule has 1 aliphatic carbocycles. The summed E-state index contributed by atoms with van der Waals surface area (Å²) in [5.41, 5.74) is 5.63. The van der Waals surface area contributed by atoms with Gasteiger partial charge in [-0.1, -0.05) is 0 Å². The highest BCUT2D eigenvalue weighted by molar-refractivity contribution is 5.97. The molecule has 1 heterocycles. The van der Waals surface area contributed by atoms with Crippen LogP contribution in [-0.4, -0.2) is 38.0 Å². The standard InChI is InChI=1S/C22H25FN2O5/c23-14-1-7-19(27-10-9-24)18(11-14)22(26)25-15-2-4-16(5-3-15)30-17-6-8-20-21(12-17)29-13-28-20/h1,6-8,11-12,15-16H,2-5,9-10,13,24H2,(H,25,26). The number of amides is 1. The Morgan fingerprint density at radius 1 is 1.10 bits per heavy atom. The van der Waals surface area contributed by atoms with Gasteiger partial charge in [0.2, 0.25) is 6.79 Å². The van der Waals surface area contributed by atoms with Crippen LogP contribution in [0.3, 0.4) is 0 Å². The Morgan fingerprint density at radius 3 is 2.70 bits per heavy atom. The fourth-order valence-corrected chi connectivity index (χ4v) is 3.71. The highest BCUT2D eigenvalue weighted by Crippen LogP contribution is 2.36. The molecule has 8 heteroatoms. The molecule has 1 saturated carbocycles. The van der Waals surface area contributed by atoms with Gasteiger partial charge in [-0.05, 0) is 56.0 Å². The van der Waals surface area contributed by atoms with E-state index in [1.165, 1.54) is 18.2 Å². The third-order valence-electron chi connectivity index (χ3n) is 5.22. The van der Waals surface area contributed by atoms with E-state index in [0.717, 1.165) is 37.2 Å². The maximum atomic E-state index is 13.7. The highest BCUT2D eigenvalue weighted by Gasteiger charge is 2.26. The van der Waals surface area contributed by atoms with Crippen molar-refractivity contribution in [1.82, 2.24) is 5.32 Å². The van der Waals surface area contributed by atoms with Crippen LogP contribution in [0.1, 0.15) is 36.0 Å². The van der Waals surface area contributed by atoms with Crippen LogP contribution in [-0.2, 0) is 0 Å². The van der Waals surface area contributed by atoms with Crippen LogP contribution in [0.5, 0.6) is 23.0 Å². The van der Waals surface area contributed by atoms with Gasteiger partial charge in [0.1, 0.15) is 23.9 Å². The van der Waals surface area contributed by atoms with Gasteiger partial charge in [0.15, 0.2) is 11.5 Å². The number of ether oxygens (including phenoxy) is 4. The van der Waals surface area contributed by atoms with Crippen LogP contribution >= 0.6 is 0 Å². The van der Waals surface area contributed by atoms with Crippen molar-refractivity contribution >= 4 is 5.91 Å². The predicted octanol–water partition coefficient (Wildman–Crippen LogP) is 3.01. The third-order valence-corrected chi connectivity index (χ3v) is 5.22. The van der Waals surface area contributed by atoms with Crippen molar-refractivity contribution in [2.45, 2.75) is 37.8 Å². The summed E-state index contributed by atoms with van der Waals surface area (Å²) in [6.07, 6.45) is 3.22. The molecule has 1 amide bonds. The molecule has 0 saturated heterocycles. The van der Waals surface area contributed by atoms with Gasteiger partial charge in [-0.15, -0.1) is 0 Å². The van der Waals surface area contributed by atoms with Gasteiger partial charge in [-0.3, -0.25) is 4.79 Å². The van der Waals surface area contributed by atoms with Crippen molar-refractivity contribution in [2.24, 2.45) is 5.73 Å². The summed E-state index contributed by atoms with van der Waals surface area (Å²) < 4.78 is 35.9. The zero-order valence-corrected chi connectivity index (χ0v) is 16.6. The Hall–Kier alpha value is -3.00. The zero-order chi connectivity index (χ0) is 20.9. The summed E-state index contributed by atoms with van der Waals surface area (Å²) in [6, 6.07) is 9.46. The molecule has 0 aromatic heterocycles. The molecule has 4 rings (SSSR count). The van der Waals surface area contributed by atoms with Gasteiger partial charge >= 0.3 is 0 Å². The number of rotatable bonds is 7. The lowest BCUT2D eigenvalue weighted by Gasteiger charge is -2.29. The first-order valence-corrected chi connectivity index (χ1v) is 10.1. The minimum Gasteiger partial charge on any atom is -0.491 e. The quantitative estimate of drug-likeness (QED) is 0.721. The first-order valence-electron chi connectivity index (χ1n) is 10.1. The zero-order valence-electron chi connectivity index (χ0n) is 16.6. The minimum atomic E-state index is -0.485. The van der Waals surface area contributed by atoms with E-state index in [1.807, 2.05) is 18.2 Å². The van der Waals surface area contributed by atoms with Crippen LogP contribution in [0.25, 0.3) is 0 Å². The molecular formula is C22H25FN2O5. The maximum Gasteiger partial charge on any atom is 0.255 e. The number of hydrogen-bond acceptors (Lipinski definition) is 6. The van der Waals surface area contributed by atoms with Crippen LogP contribution < -0.4 is 30.0 Å². The van der Waals surface area contributed by atoms with Crippen molar-refractivity contribution < 1.29 is 28.1 Å². The van der Waals surface area contributed by atoms with E-state index in [0.29, 0.717) is 18.0 Å². The Kier molecular flexibility index (Phi) is 6.23. The van der Waals surface area contributed by atoms with E-state index >= 15 is 0 Å². The van der Waals surface area contributed by atoms with E-state index in [9.17, 15) is 9.18 Å². The van der Waals surface area contributed by atoms with Gasteiger partial charge in [0.25, 0.3) is 5.91 Å². The second kappa shape index (κ2) is 9.21. The number of carbonyl (C=O) groups excluding carboxylic acids is 1. The minimum absolute atomic E-state index is 0.000250. The van der Waals surface area contributed by atoms with Crippen molar-refractivity contribution in [3.05, 3.63) is 47.8 Å². The van der Waals surface area contributed by atoms with Crippen molar-refractivity contribution in [1.29, 1.82) is 0 Å². The Labute approximate surface area is 174 Å². The molecule has 30 heavy (non-hydrogen) atoms. The van der Waals surface area contributed by atoms with E-state index in [1.54, 1.807) is 0 Å². The van der Waals surface area contributed by atoms with Crippen LogP contribution in [0, 0.1) is 5.82 Å². The number of nitrogens with one attached hydrogen (secondary N) is 1. The smallest absolute Gasteiger partial charge is 0.255 e. The molecule has 1 aliphatic heterocycles. The lowest BCUT2D eigenvalue weighted by molar-refractivity contribution is 0.0889. The maximum absolute atomic E-state index is 13.7. The van der Waals surface area contributed by atoms with E-state index < -0.39 is 5.82 Å². The first kappa shape index (κ1) is 20.3. The monoisotopic (exact) mass is 416 g/mol. The summed E-state index contributed by atoms with van der Waals surface area (Å²) >= 11 is 0. The van der Waals surface area contributed by atoms with Crippen molar-refractivity contribution in [3.63, 3.8) is 0 Å². The number of carbonyl (C=O) groups is 1. The van der Waals surface area contributed by atoms with E-state index in [2.05, 4.69) is 5.32 Å². The lowest BCUT2D eigenvalue weighted by Crippen LogP contribution is -2.39. The number of benzene rings is 2. The first-order chi connectivity index (χ1) is 14.6. The average Bonchev–Trinajstić information content (AvgIpc) is 3.22. The summed E-state index contributed by atoms with van der Waals surface area (Å²) in [7, 11) is 0. The summed E-state index contributed by atoms with van der Waals surface area (Å²) in [4.78, 5) is 12.7. The fraction of sp³-hybridized carbons (Fsp3) is 0.409. The Balaban J connectivity index is 1.30. The third kappa shape index (κ3) is 4.76.